The Hall–Kier alpha value is -2.00. The Labute approximate surface area is 299 Å². The second kappa shape index (κ2) is 12.3. The van der Waals surface area contributed by atoms with Gasteiger partial charge in [-0.3, -0.25) is 0 Å². The van der Waals surface area contributed by atoms with E-state index in [0.29, 0.717) is 10.3 Å². The molecule has 1 unspecified atom stereocenters. The number of rotatable bonds is 9. The molecule has 3 aromatic carbocycles. The second-order valence-electron chi connectivity index (χ2n) is 18.4. The van der Waals surface area contributed by atoms with Crippen LogP contribution in [0, 0.1) is 35.5 Å². The van der Waals surface area contributed by atoms with Gasteiger partial charge in [0.2, 0.25) is 0 Å². The third kappa shape index (κ3) is 5.79. The summed E-state index contributed by atoms with van der Waals surface area (Å²) >= 11 is 0. The van der Waals surface area contributed by atoms with Crippen LogP contribution in [0.15, 0.2) is 72.8 Å². The molecule has 8 aliphatic carbocycles. The third-order valence-corrected chi connectivity index (χ3v) is 19.3. The minimum absolute atomic E-state index is 0.129. The first-order valence-electron chi connectivity index (χ1n) is 19.4. The van der Waals surface area contributed by atoms with E-state index in [4.69, 9.17) is 4.74 Å². The van der Waals surface area contributed by atoms with E-state index in [1.165, 1.54) is 88.2 Å². The molecule has 0 aliphatic heterocycles. The van der Waals surface area contributed by atoms with E-state index in [9.17, 15) is 4.21 Å². The molecule has 1 N–H and O–H groups in total. The van der Waals surface area contributed by atoms with Crippen LogP contribution in [-0.2, 0) is 11.0 Å². The largest absolute Gasteiger partial charge is 0.496 e. The summed E-state index contributed by atoms with van der Waals surface area (Å²) < 4.78 is 23.2. The first kappa shape index (κ1) is 32.9. The van der Waals surface area contributed by atoms with E-state index in [0.717, 1.165) is 52.4 Å². The zero-order valence-electron chi connectivity index (χ0n) is 30.1. The lowest BCUT2D eigenvalue weighted by atomic mass is 9.55. The Balaban J connectivity index is 1.18. The standard InChI is InChI=1S/C44H56NO2PS/c1-42(2,3)49(46)45-41(36-15-13-35(14-16-36)37-9-5-7-11-39(37)47-4)38-10-6-8-12-40(38)48(43-23-29-17-30(24-43)19-31(18-29)25-43)44-26-32-20-33(27-44)22-34(21-32)28-44/h5-16,29-34,41,45H,17-28H2,1-4H3/t29?,30?,31?,32?,33?,34?,41-,43?,44?,48?,49?/m1/s1. The van der Waals surface area contributed by atoms with Crippen molar-refractivity contribution in [3.63, 3.8) is 0 Å². The van der Waals surface area contributed by atoms with Crippen LogP contribution in [0.5, 0.6) is 5.75 Å². The highest BCUT2D eigenvalue weighted by Crippen LogP contribution is 2.78. The van der Waals surface area contributed by atoms with E-state index < -0.39 is 18.9 Å². The summed E-state index contributed by atoms with van der Waals surface area (Å²) in [7, 11) is 0.123. The van der Waals surface area contributed by atoms with Gasteiger partial charge in [0, 0.05) is 5.56 Å². The summed E-state index contributed by atoms with van der Waals surface area (Å²) in [6.45, 7) is 6.30. The summed E-state index contributed by atoms with van der Waals surface area (Å²) in [4.78, 5) is 0. The molecule has 8 bridgehead atoms. The average Bonchev–Trinajstić information content (AvgIpc) is 3.06. The highest BCUT2D eigenvalue weighted by atomic mass is 32.2. The molecule has 11 rings (SSSR count). The number of benzene rings is 3. The van der Waals surface area contributed by atoms with Crippen LogP contribution in [0.3, 0.4) is 0 Å². The lowest BCUT2D eigenvalue weighted by Crippen LogP contribution is -2.58. The Morgan fingerprint density at radius 3 is 1.65 bits per heavy atom. The molecule has 5 heteroatoms. The minimum Gasteiger partial charge on any atom is -0.496 e. The monoisotopic (exact) mass is 693 g/mol. The van der Waals surface area contributed by atoms with E-state index in [-0.39, 0.29) is 10.8 Å². The van der Waals surface area contributed by atoms with Gasteiger partial charge in [-0.2, -0.15) is 0 Å². The smallest absolute Gasteiger partial charge is 0.126 e. The lowest BCUT2D eigenvalue weighted by molar-refractivity contribution is 0.0195. The first-order chi connectivity index (χ1) is 23.6. The number of ether oxygens (including phenoxy) is 1. The van der Waals surface area contributed by atoms with Crippen molar-refractivity contribution in [1.29, 1.82) is 0 Å². The molecule has 0 radical (unpaired) electrons. The van der Waals surface area contributed by atoms with Crippen molar-refractivity contribution in [2.75, 3.05) is 7.11 Å². The molecule has 2 atom stereocenters. The fraction of sp³-hybridized carbons (Fsp3) is 0.591. The second-order valence-corrected chi connectivity index (χ2v) is 23.5. The van der Waals surface area contributed by atoms with Gasteiger partial charge in [0.1, 0.15) is 5.75 Å². The van der Waals surface area contributed by atoms with Crippen molar-refractivity contribution in [1.82, 2.24) is 4.72 Å². The predicted molar refractivity (Wildman–Crippen MR) is 206 cm³/mol. The van der Waals surface area contributed by atoms with Crippen molar-refractivity contribution in [2.24, 2.45) is 35.5 Å². The van der Waals surface area contributed by atoms with Crippen molar-refractivity contribution < 1.29 is 8.95 Å². The maximum Gasteiger partial charge on any atom is 0.126 e. The van der Waals surface area contributed by atoms with Gasteiger partial charge in [0.15, 0.2) is 0 Å². The minimum atomic E-state index is -1.22. The molecular formula is C44H56NO2PS. The molecule has 8 fully saturated rings. The van der Waals surface area contributed by atoms with Gasteiger partial charge < -0.3 is 4.74 Å². The molecule has 3 nitrogen and oxygen atoms in total. The SMILES string of the molecule is COc1ccccc1-c1ccc([C@@H](NS(=O)C(C)(C)C)c2ccccc2P(C23CC4CC(CC(C4)C2)C3)C23CC4CC(CC(C4)C2)C3)cc1. The summed E-state index contributed by atoms with van der Waals surface area (Å²) in [5.41, 5.74) is 4.86. The maximum absolute atomic E-state index is 14.1. The quantitative estimate of drug-likeness (QED) is 0.227. The number of methoxy groups -OCH3 is 1. The Bertz CT molecular complexity index is 1610. The number of hydrogen-bond donors (Lipinski definition) is 1. The van der Waals surface area contributed by atoms with Gasteiger partial charge in [0.05, 0.1) is 28.9 Å². The molecule has 3 aromatic rings. The summed E-state index contributed by atoms with van der Waals surface area (Å²) in [5.74, 6) is 6.57. The lowest BCUT2D eigenvalue weighted by Gasteiger charge is -2.67. The molecule has 0 spiro atoms. The van der Waals surface area contributed by atoms with Gasteiger partial charge in [-0.15, -0.1) is 0 Å². The van der Waals surface area contributed by atoms with E-state index in [1.807, 2.05) is 12.1 Å². The fourth-order valence-electron chi connectivity index (χ4n) is 13.0. The van der Waals surface area contributed by atoms with Gasteiger partial charge in [0.25, 0.3) is 0 Å². The maximum atomic E-state index is 14.1. The van der Waals surface area contributed by atoms with Crippen LogP contribution >= 0.6 is 7.92 Å². The van der Waals surface area contributed by atoms with Crippen LogP contribution in [-0.4, -0.2) is 26.4 Å². The normalized spacial score (nSPS) is 36.1. The van der Waals surface area contributed by atoms with E-state index in [2.05, 4.69) is 86.2 Å². The topological polar surface area (TPSA) is 38.3 Å². The zero-order valence-corrected chi connectivity index (χ0v) is 31.8. The first-order valence-corrected chi connectivity index (χ1v) is 21.9. The highest BCUT2D eigenvalue weighted by molar-refractivity contribution is 7.84. The van der Waals surface area contributed by atoms with Crippen LogP contribution in [0.4, 0.5) is 0 Å². The molecule has 0 aromatic heterocycles. The number of hydrogen-bond acceptors (Lipinski definition) is 2. The fourth-order valence-corrected chi connectivity index (χ4v) is 19.2. The molecule has 8 saturated carbocycles. The third-order valence-electron chi connectivity index (χ3n) is 13.9. The van der Waals surface area contributed by atoms with Crippen LogP contribution in [0.1, 0.15) is 115 Å². The number of nitrogens with one attached hydrogen (secondary N) is 1. The Morgan fingerprint density at radius 2 is 1.16 bits per heavy atom. The summed E-state index contributed by atoms with van der Waals surface area (Å²) in [6, 6.07) is 26.8. The summed E-state index contributed by atoms with van der Waals surface area (Å²) in [6.07, 6.45) is 17.8. The summed E-state index contributed by atoms with van der Waals surface area (Å²) in [5, 5.41) is 2.62. The molecule has 260 valence electrons. The Morgan fingerprint density at radius 1 is 0.694 bits per heavy atom. The molecule has 0 amide bonds. The van der Waals surface area contributed by atoms with Gasteiger partial charge >= 0.3 is 0 Å². The molecule has 49 heavy (non-hydrogen) atoms. The average molecular weight is 694 g/mol. The zero-order chi connectivity index (χ0) is 33.5. The number of para-hydroxylation sites is 1. The Kier molecular flexibility index (Phi) is 8.26. The predicted octanol–water partition coefficient (Wildman–Crippen LogP) is 10.5. The van der Waals surface area contributed by atoms with Gasteiger partial charge in [-0.1, -0.05) is 74.7 Å². The molecule has 0 heterocycles. The highest BCUT2D eigenvalue weighted by Gasteiger charge is 2.63. The van der Waals surface area contributed by atoms with E-state index >= 15 is 0 Å². The van der Waals surface area contributed by atoms with Crippen molar-refractivity contribution in [2.45, 2.75) is 119 Å². The van der Waals surface area contributed by atoms with Crippen LogP contribution in [0.2, 0.25) is 0 Å². The van der Waals surface area contributed by atoms with Gasteiger partial charge in [-0.05, 0) is 172 Å². The van der Waals surface area contributed by atoms with Crippen molar-refractivity contribution in [3.8, 4) is 16.9 Å². The molecule has 0 saturated heterocycles. The molecule has 8 aliphatic rings. The molecular weight excluding hydrogens is 638 g/mol. The van der Waals surface area contributed by atoms with Gasteiger partial charge in [-0.25, -0.2) is 8.93 Å². The van der Waals surface area contributed by atoms with Crippen molar-refractivity contribution >= 4 is 24.2 Å². The van der Waals surface area contributed by atoms with Crippen LogP contribution in [0.25, 0.3) is 11.1 Å². The van der Waals surface area contributed by atoms with E-state index in [1.54, 1.807) is 12.4 Å². The van der Waals surface area contributed by atoms with Crippen molar-refractivity contribution in [3.05, 3.63) is 83.9 Å². The van der Waals surface area contributed by atoms with Crippen LogP contribution < -0.4 is 14.8 Å².